The Labute approximate surface area is 319 Å². The van der Waals surface area contributed by atoms with Crippen LogP contribution in [0.4, 0.5) is 11.4 Å². The number of phenols is 3. The van der Waals surface area contributed by atoms with Gasteiger partial charge in [-0.3, -0.25) is 14.6 Å². The summed E-state index contributed by atoms with van der Waals surface area (Å²) >= 11 is 0. The highest BCUT2D eigenvalue weighted by molar-refractivity contribution is 6.24. The number of aliphatic imine (C=N–C) groups is 1. The van der Waals surface area contributed by atoms with Crippen LogP contribution in [0.25, 0.3) is 10.8 Å². The number of hydrogen-bond donors (Lipinski definition) is 7. The minimum absolute atomic E-state index is 0.0566. The van der Waals surface area contributed by atoms with E-state index >= 15 is 0 Å². The Balaban J connectivity index is 1.72. The number of ether oxygens (including phenoxy) is 3. The van der Waals surface area contributed by atoms with Crippen molar-refractivity contribution < 1.29 is 54.4 Å². The largest absolute Gasteiger partial charge is 0.507 e. The molecule has 0 aliphatic carbocycles. The standard InChI is InChI=1S/C42H50N2O11/c1-20-13-12-14-21(2)41(52)44-32-27(19-43-26-15-10-9-11-16-26)37(49)29-30(38(32)50)36(48)25(6)39-31(29)40(51)42(7,55-39)54-18-17-28(53-8)22(3)34(46)24(5)35(47)23(4)33(20)45/h9-20,22-24,28,33-35,45-50H,1-8H3,(H,44,52)/b13-12+,18-17+,21-14-,43-19?/t20-,22+,23+,24-,28-,33-,34+,35+,42-/m0/s1. The second-order valence-corrected chi connectivity index (χ2v) is 14.6. The summed E-state index contributed by atoms with van der Waals surface area (Å²) < 4.78 is 17.6. The Morgan fingerprint density at radius 1 is 0.855 bits per heavy atom. The van der Waals surface area contributed by atoms with Crippen LogP contribution in [0.2, 0.25) is 0 Å². The molecule has 3 aromatic carbocycles. The summed E-state index contributed by atoms with van der Waals surface area (Å²) in [5, 5.41) is 71.0. The maximum atomic E-state index is 14.3. The molecule has 5 bridgehead atoms. The number of para-hydroxylation sites is 1. The fraction of sp³-hybridized carbons (Fsp3) is 0.405. The van der Waals surface area contributed by atoms with Crippen LogP contribution in [0.5, 0.6) is 23.0 Å². The van der Waals surface area contributed by atoms with Gasteiger partial charge in [0.1, 0.15) is 17.2 Å². The van der Waals surface area contributed by atoms with Gasteiger partial charge in [0.15, 0.2) is 5.75 Å². The van der Waals surface area contributed by atoms with E-state index in [-0.39, 0.29) is 44.5 Å². The monoisotopic (exact) mass is 758 g/mol. The molecular weight excluding hydrogens is 708 g/mol. The third kappa shape index (κ3) is 7.70. The van der Waals surface area contributed by atoms with Crippen LogP contribution in [0.3, 0.4) is 0 Å². The minimum Gasteiger partial charge on any atom is -0.507 e. The first kappa shape index (κ1) is 41.0. The summed E-state index contributed by atoms with van der Waals surface area (Å²) in [6.07, 6.45) is 4.65. The molecular formula is C42H50N2O11. The first-order valence-corrected chi connectivity index (χ1v) is 18.1. The van der Waals surface area contributed by atoms with E-state index < -0.39 is 82.8 Å². The molecule has 3 heterocycles. The Morgan fingerprint density at radius 3 is 2.15 bits per heavy atom. The topological polar surface area (TPSA) is 208 Å². The van der Waals surface area contributed by atoms with Gasteiger partial charge in [0.05, 0.1) is 58.6 Å². The normalized spacial score (nSPS) is 31.5. The summed E-state index contributed by atoms with van der Waals surface area (Å²) in [5.74, 6) is -7.73. The summed E-state index contributed by atoms with van der Waals surface area (Å²) in [6, 6.07) is 8.69. The van der Waals surface area contributed by atoms with Crippen molar-refractivity contribution in [2.45, 2.75) is 78.7 Å². The van der Waals surface area contributed by atoms with E-state index in [1.807, 2.05) is 0 Å². The van der Waals surface area contributed by atoms with Gasteiger partial charge < -0.3 is 50.2 Å². The lowest BCUT2D eigenvalue weighted by atomic mass is 9.78. The molecule has 6 rings (SSSR count). The van der Waals surface area contributed by atoms with E-state index in [1.165, 1.54) is 52.5 Å². The molecule has 0 fully saturated rings. The number of Topliss-reactive ketones (excluding diaryl/α,β-unsaturated/α-hetero) is 1. The molecule has 55 heavy (non-hydrogen) atoms. The molecule has 0 spiro atoms. The van der Waals surface area contributed by atoms with Crippen LogP contribution in [-0.4, -0.2) is 85.9 Å². The van der Waals surface area contributed by atoms with Crippen LogP contribution in [0.1, 0.15) is 63.0 Å². The average molecular weight is 759 g/mol. The van der Waals surface area contributed by atoms with Gasteiger partial charge in [-0.1, -0.05) is 64.1 Å². The molecule has 0 saturated carbocycles. The van der Waals surface area contributed by atoms with Crippen molar-refractivity contribution in [3.05, 3.63) is 83.2 Å². The number of hydrogen-bond acceptors (Lipinski definition) is 12. The third-order valence-corrected chi connectivity index (χ3v) is 10.9. The zero-order valence-corrected chi connectivity index (χ0v) is 32.1. The van der Waals surface area contributed by atoms with E-state index in [0.717, 1.165) is 0 Å². The van der Waals surface area contributed by atoms with Crippen molar-refractivity contribution in [3.63, 3.8) is 0 Å². The third-order valence-electron chi connectivity index (χ3n) is 10.9. The van der Waals surface area contributed by atoms with Gasteiger partial charge in [-0.2, -0.15) is 0 Å². The van der Waals surface area contributed by atoms with Gasteiger partial charge in [-0.25, -0.2) is 0 Å². The van der Waals surface area contributed by atoms with Gasteiger partial charge in [0.2, 0.25) is 0 Å². The first-order valence-electron chi connectivity index (χ1n) is 18.1. The van der Waals surface area contributed by atoms with E-state index in [9.17, 15) is 40.2 Å². The van der Waals surface area contributed by atoms with Crippen LogP contribution < -0.4 is 10.1 Å². The predicted octanol–water partition coefficient (Wildman–Crippen LogP) is 5.93. The number of nitrogens with one attached hydrogen (secondary N) is 1. The molecule has 1 amide bonds. The maximum absolute atomic E-state index is 14.3. The van der Waals surface area contributed by atoms with Crippen LogP contribution in [0.15, 0.2) is 71.5 Å². The van der Waals surface area contributed by atoms with E-state index in [4.69, 9.17) is 14.2 Å². The lowest BCUT2D eigenvalue weighted by Crippen LogP contribution is -2.44. The van der Waals surface area contributed by atoms with Gasteiger partial charge in [0, 0.05) is 60.4 Å². The van der Waals surface area contributed by atoms with Crippen molar-refractivity contribution in [1.82, 2.24) is 0 Å². The smallest absolute Gasteiger partial charge is 0.312 e. The van der Waals surface area contributed by atoms with Crippen molar-refractivity contribution in [2.75, 3.05) is 12.4 Å². The summed E-state index contributed by atoms with van der Waals surface area (Å²) in [4.78, 5) is 32.3. The Morgan fingerprint density at radius 2 is 1.49 bits per heavy atom. The number of aromatic hydroxyl groups is 3. The molecule has 0 radical (unpaired) electrons. The molecule has 7 N–H and O–H groups in total. The number of carbonyl (C=O) groups is 2. The summed E-state index contributed by atoms with van der Waals surface area (Å²) in [6.45, 7) is 11.2. The molecule has 9 atom stereocenters. The SMILES string of the molecule is CO[C@H]1/C=C/O[C@@]2(C)Oc3c(C)c(O)c4c(O)c(c(C=Nc5ccccc5)c(O)c4c3C2=O)NC(=O)/C(C)=C\C=C\[C@H](C)[C@H](O)[C@@H](C)[C@@H](O)[C@@H](C)[C@H](O)[C@@H]1C. The Kier molecular flexibility index (Phi) is 12.1. The number of benzene rings is 3. The highest BCUT2D eigenvalue weighted by atomic mass is 16.7. The number of phenolic OH excluding ortho intramolecular Hbond substituents is 3. The zero-order chi connectivity index (χ0) is 40.5. The zero-order valence-electron chi connectivity index (χ0n) is 32.1. The average Bonchev–Trinajstić information content (AvgIpc) is 3.44. The molecule has 3 aliphatic rings. The van der Waals surface area contributed by atoms with Crippen molar-refractivity contribution in [3.8, 4) is 23.0 Å². The highest BCUT2D eigenvalue weighted by Crippen LogP contribution is 2.55. The number of ketones is 1. The van der Waals surface area contributed by atoms with Gasteiger partial charge in [-0.05, 0) is 32.1 Å². The molecule has 13 heteroatoms. The molecule has 3 aromatic rings. The number of methoxy groups -OCH3 is 1. The van der Waals surface area contributed by atoms with Crippen molar-refractivity contribution in [2.24, 2.45) is 28.7 Å². The number of amides is 1. The molecule has 294 valence electrons. The van der Waals surface area contributed by atoms with E-state index in [0.29, 0.717) is 5.69 Å². The number of aliphatic hydroxyl groups excluding tert-OH is 3. The summed E-state index contributed by atoms with van der Waals surface area (Å²) in [5.41, 5.74) is 0.0712. The molecule has 0 aromatic heterocycles. The van der Waals surface area contributed by atoms with Gasteiger partial charge in [0.25, 0.3) is 11.7 Å². The highest BCUT2D eigenvalue weighted by Gasteiger charge is 2.49. The fourth-order valence-electron chi connectivity index (χ4n) is 7.13. The Hall–Kier alpha value is -5.21. The van der Waals surface area contributed by atoms with E-state index in [1.54, 1.807) is 70.2 Å². The number of allylic oxidation sites excluding steroid dienone is 2. The number of rotatable bonds is 3. The van der Waals surface area contributed by atoms with E-state index in [2.05, 4.69) is 10.3 Å². The van der Waals surface area contributed by atoms with Crippen LogP contribution >= 0.6 is 0 Å². The Bertz CT molecular complexity index is 2070. The van der Waals surface area contributed by atoms with Crippen LogP contribution in [0, 0.1) is 30.6 Å². The van der Waals surface area contributed by atoms with Gasteiger partial charge >= 0.3 is 5.79 Å². The lowest BCUT2D eigenvalue weighted by Gasteiger charge is -2.36. The molecule has 0 saturated heterocycles. The molecule has 3 aliphatic heterocycles. The maximum Gasteiger partial charge on any atom is 0.312 e. The molecule has 13 nitrogen and oxygen atoms in total. The number of aliphatic hydroxyl groups is 3. The number of nitrogens with zero attached hydrogens (tertiary/aromatic N) is 1. The minimum atomic E-state index is -2.02. The second kappa shape index (κ2) is 16.3. The predicted molar refractivity (Wildman–Crippen MR) is 208 cm³/mol. The quantitative estimate of drug-likeness (QED) is 0.0946. The van der Waals surface area contributed by atoms with Crippen molar-refractivity contribution >= 4 is 40.1 Å². The van der Waals surface area contributed by atoms with Gasteiger partial charge in [-0.15, -0.1) is 0 Å². The second-order valence-electron chi connectivity index (χ2n) is 14.6. The van der Waals surface area contributed by atoms with Crippen molar-refractivity contribution in [1.29, 1.82) is 0 Å². The number of fused-ring (bicyclic) bond motifs is 14. The summed E-state index contributed by atoms with van der Waals surface area (Å²) in [7, 11) is 1.43. The fourth-order valence-corrected chi connectivity index (χ4v) is 7.13. The lowest BCUT2D eigenvalue weighted by molar-refractivity contribution is -0.112. The number of carbonyl (C=O) groups excluding carboxylic acids is 2. The molecule has 0 unspecified atom stereocenters. The van der Waals surface area contributed by atoms with Crippen LogP contribution in [-0.2, 0) is 14.3 Å². The first-order chi connectivity index (χ1) is 25.9. The number of anilines is 1.